The van der Waals surface area contributed by atoms with Crippen molar-refractivity contribution in [1.82, 2.24) is 10.2 Å². The fourth-order valence-electron chi connectivity index (χ4n) is 3.43. The first-order chi connectivity index (χ1) is 16.0. The number of hydrogen-bond donors (Lipinski definition) is 2. The molecular weight excluding hydrogens is 418 g/mol. The van der Waals surface area contributed by atoms with Crippen LogP contribution < -0.4 is 20.1 Å². The van der Waals surface area contributed by atoms with Gasteiger partial charge in [-0.3, -0.25) is 14.5 Å². The lowest BCUT2D eigenvalue weighted by Gasteiger charge is -2.22. The summed E-state index contributed by atoms with van der Waals surface area (Å²) in [4.78, 5) is 26.8. The van der Waals surface area contributed by atoms with Gasteiger partial charge in [0.05, 0.1) is 33.4 Å². The minimum Gasteiger partial charge on any atom is -0.497 e. The summed E-state index contributed by atoms with van der Waals surface area (Å²) in [5, 5.41) is 5.91. The summed E-state index contributed by atoms with van der Waals surface area (Å²) in [6.45, 7) is 0.170. The summed E-state index contributed by atoms with van der Waals surface area (Å²) in [6, 6.07) is 24.0. The van der Waals surface area contributed by atoms with E-state index >= 15 is 0 Å². The molecule has 0 fully saturated rings. The quantitative estimate of drug-likeness (QED) is 0.498. The van der Waals surface area contributed by atoms with Crippen LogP contribution in [0, 0.1) is 0 Å². The summed E-state index contributed by atoms with van der Waals surface area (Å²) >= 11 is 0. The SMILES string of the molecule is COc1ccc(C(NC(=O)CN(C)CC(=O)Nc2ccccc2)c2ccc(OC)cc2)cc1. The van der Waals surface area contributed by atoms with Crippen molar-refractivity contribution in [2.45, 2.75) is 6.04 Å². The van der Waals surface area contributed by atoms with Crippen LogP contribution in [0.1, 0.15) is 17.2 Å². The standard InChI is InChI=1S/C26H29N3O4/c1-29(17-24(30)27-21-7-5-4-6-8-21)18-25(31)28-26(19-9-13-22(32-2)14-10-19)20-11-15-23(33-3)16-12-20/h4-16,26H,17-18H2,1-3H3,(H,27,30)(H,28,31). The van der Waals surface area contributed by atoms with E-state index in [1.54, 1.807) is 26.2 Å². The molecule has 0 unspecified atom stereocenters. The molecule has 33 heavy (non-hydrogen) atoms. The number of rotatable bonds is 10. The van der Waals surface area contributed by atoms with Crippen molar-refractivity contribution in [3.05, 3.63) is 90.0 Å². The maximum Gasteiger partial charge on any atom is 0.238 e. The number of nitrogens with zero attached hydrogens (tertiary/aromatic N) is 1. The Kier molecular flexibility index (Phi) is 8.43. The second-order valence-electron chi connectivity index (χ2n) is 7.63. The van der Waals surface area contributed by atoms with Crippen molar-refractivity contribution in [3.63, 3.8) is 0 Å². The first kappa shape index (κ1) is 23.8. The molecule has 3 aromatic rings. The Balaban J connectivity index is 1.66. The number of anilines is 1. The molecule has 0 saturated heterocycles. The van der Waals surface area contributed by atoms with Gasteiger partial charge in [0, 0.05) is 5.69 Å². The number of methoxy groups -OCH3 is 2. The molecule has 2 N–H and O–H groups in total. The predicted molar refractivity (Wildman–Crippen MR) is 129 cm³/mol. The number of nitrogens with one attached hydrogen (secondary N) is 2. The highest BCUT2D eigenvalue weighted by molar-refractivity contribution is 5.92. The van der Waals surface area contributed by atoms with Crippen molar-refractivity contribution in [2.24, 2.45) is 0 Å². The Morgan fingerprint density at radius 1 is 0.758 bits per heavy atom. The van der Waals surface area contributed by atoms with Gasteiger partial charge in [0.25, 0.3) is 0 Å². The van der Waals surface area contributed by atoms with E-state index in [-0.39, 0.29) is 30.9 Å². The van der Waals surface area contributed by atoms with Crippen molar-refractivity contribution >= 4 is 17.5 Å². The molecule has 7 nitrogen and oxygen atoms in total. The van der Waals surface area contributed by atoms with Crippen molar-refractivity contribution < 1.29 is 19.1 Å². The summed E-state index contributed by atoms with van der Waals surface area (Å²) < 4.78 is 10.5. The molecule has 2 amide bonds. The molecule has 0 atom stereocenters. The topological polar surface area (TPSA) is 79.9 Å². The molecule has 0 spiro atoms. The molecule has 0 aliphatic heterocycles. The average Bonchev–Trinajstić information content (AvgIpc) is 2.83. The van der Waals surface area contributed by atoms with E-state index in [0.29, 0.717) is 0 Å². The number of carbonyl (C=O) groups is 2. The van der Waals surface area contributed by atoms with Crippen LogP contribution in [0.4, 0.5) is 5.69 Å². The first-order valence-corrected chi connectivity index (χ1v) is 10.6. The average molecular weight is 448 g/mol. The zero-order chi connectivity index (χ0) is 23.6. The molecule has 0 aliphatic carbocycles. The molecule has 0 bridgehead atoms. The Labute approximate surface area is 194 Å². The number of benzene rings is 3. The monoisotopic (exact) mass is 447 g/mol. The summed E-state index contributed by atoms with van der Waals surface area (Å²) in [5.41, 5.74) is 2.55. The molecule has 0 radical (unpaired) electrons. The molecule has 0 heterocycles. The van der Waals surface area contributed by atoms with E-state index in [1.807, 2.05) is 78.9 Å². The van der Waals surface area contributed by atoms with Gasteiger partial charge in [-0.2, -0.15) is 0 Å². The molecule has 0 saturated carbocycles. The summed E-state index contributed by atoms with van der Waals surface area (Å²) in [6.07, 6.45) is 0. The Morgan fingerprint density at radius 3 is 1.73 bits per heavy atom. The van der Waals surface area contributed by atoms with Gasteiger partial charge < -0.3 is 20.1 Å². The zero-order valence-electron chi connectivity index (χ0n) is 19.1. The van der Waals surface area contributed by atoms with Crippen LogP contribution in [-0.4, -0.2) is 51.1 Å². The smallest absolute Gasteiger partial charge is 0.238 e. The van der Waals surface area contributed by atoms with E-state index in [4.69, 9.17) is 9.47 Å². The number of ether oxygens (including phenoxy) is 2. The van der Waals surface area contributed by atoms with Crippen LogP contribution in [0.5, 0.6) is 11.5 Å². The van der Waals surface area contributed by atoms with E-state index in [1.165, 1.54) is 0 Å². The summed E-state index contributed by atoms with van der Waals surface area (Å²) in [7, 11) is 4.96. The molecule has 0 aromatic heterocycles. The van der Waals surface area contributed by atoms with Gasteiger partial charge in [-0.15, -0.1) is 0 Å². The van der Waals surface area contributed by atoms with Crippen LogP contribution in [0.3, 0.4) is 0 Å². The predicted octanol–water partition coefficient (Wildman–Crippen LogP) is 3.48. The lowest BCUT2D eigenvalue weighted by Crippen LogP contribution is -2.40. The van der Waals surface area contributed by atoms with Gasteiger partial charge in [-0.05, 0) is 54.6 Å². The van der Waals surface area contributed by atoms with E-state index in [0.717, 1.165) is 28.3 Å². The molecule has 3 aromatic carbocycles. The number of carbonyl (C=O) groups excluding carboxylic acids is 2. The van der Waals surface area contributed by atoms with Crippen molar-refractivity contribution in [3.8, 4) is 11.5 Å². The van der Waals surface area contributed by atoms with Crippen molar-refractivity contribution in [1.29, 1.82) is 0 Å². The Morgan fingerprint density at radius 2 is 1.24 bits per heavy atom. The number of para-hydroxylation sites is 1. The third kappa shape index (κ3) is 7.08. The normalized spacial score (nSPS) is 10.7. The molecule has 172 valence electrons. The van der Waals surface area contributed by atoms with E-state index < -0.39 is 0 Å². The largest absolute Gasteiger partial charge is 0.497 e. The van der Waals surface area contributed by atoms with Gasteiger partial charge >= 0.3 is 0 Å². The molecule has 0 aliphatic rings. The first-order valence-electron chi connectivity index (χ1n) is 10.6. The minimum atomic E-state index is -0.360. The number of hydrogen-bond acceptors (Lipinski definition) is 5. The van der Waals surface area contributed by atoms with Gasteiger partial charge in [0.2, 0.25) is 11.8 Å². The third-order valence-electron chi connectivity index (χ3n) is 5.09. The lowest BCUT2D eigenvalue weighted by atomic mass is 9.98. The minimum absolute atomic E-state index is 0.0744. The third-order valence-corrected chi connectivity index (χ3v) is 5.09. The van der Waals surface area contributed by atoms with Gasteiger partial charge in [-0.25, -0.2) is 0 Å². The second-order valence-corrected chi connectivity index (χ2v) is 7.63. The van der Waals surface area contributed by atoms with Crippen LogP contribution in [0.15, 0.2) is 78.9 Å². The zero-order valence-corrected chi connectivity index (χ0v) is 19.1. The second kappa shape index (κ2) is 11.7. The fraction of sp³-hybridized carbons (Fsp3) is 0.231. The Bertz CT molecular complexity index is 990. The van der Waals surface area contributed by atoms with Crippen LogP contribution in [0.2, 0.25) is 0 Å². The highest BCUT2D eigenvalue weighted by Gasteiger charge is 2.19. The number of amides is 2. The Hall–Kier alpha value is -3.84. The summed E-state index contributed by atoms with van der Waals surface area (Å²) in [5.74, 6) is 1.10. The highest BCUT2D eigenvalue weighted by atomic mass is 16.5. The maximum atomic E-state index is 12.9. The van der Waals surface area contributed by atoms with Gasteiger partial charge in [0.1, 0.15) is 11.5 Å². The van der Waals surface area contributed by atoms with Crippen LogP contribution in [0.25, 0.3) is 0 Å². The molecule has 7 heteroatoms. The van der Waals surface area contributed by atoms with Crippen LogP contribution in [-0.2, 0) is 9.59 Å². The van der Waals surface area contributed by atoms with E-state index in [2.05, 4.69) is 10.6 Å². The van der Waals surface area contributed by atoms with Gasteiger partial charge in [0.15, 0.2) is 0 Å². The van der Waals surface area contributed by atoms with Crippen molar-refractivity contribution in [2.75, 3.05) is 39.7 Å². The molecule has 3 rings (SSSR count). The lowest BCUT2D eigenvalue weighted by molar-refractivity contribution is -0.123. The van der Waals surface area contributed by atoms with E-state index in [9.17, 15) is 9.59 Å². The number of likely N-dealkylation sites (N-methyl/N-ethyl adjacent to an activating group) is 1. The maximum absolute atomic E-state index is 12.9. The van der Waals surface area contributed by atoms with Gasteiger partial charge in [-0.1, -0.05) is 42.5 Å². The molecular formula is C26H29N3O4. The fourth-order valence-corrected chi connectivity index (χ4v) is 3.43. The van der Waals surface area contributed by atoms with Crippen LogP contribution >= 0.6 is 0 Å². The highest BCUT2D eigenvalue weighted by Crippen LogP contribution is 2.26.